The lowest BCUT2D eigenvalue weighted by atomic mass is 10.1. The Morgan fingerprint density at radius 2 is 1.93 bits per heavy atom. The lowest BCUT2D eigenvalue weighted by Gasteiger charge is -2.06. The third-order valence-electron chi connectivity index (χ3n) is 4.64. The Labute approximate surface area is 163 Å². The Hall–Kier alpha value is -3.62. The fourth-order valence-corrected chi connectivity index (χ4v) is 2.94. The van der Waals surface area contributed by atoms with E-state index in [0.29, 0.717) is 22.8 Å². The van der Waals surface area contributed by atoms with Gasteiger partial charge in [0.1, 0.15) is 5.82 Å². The second-order valence-corrected chi connectivity index (χ2v) is 6.81. The van der Waals surface area contributed by atoms with Gasteiger partial charge in [-0.3, -0.25) is 9.78 Å². The summed E-state index contributed by atoms with van der Waals surface area (Å²) in [5, 5.41) is 4.10. The molecule has 1 fully saturated rings. The van der Waals surface area contributed by atoms with Crippen molar-refractivity contribution >= 4 is 5.65 Å². The van der Waals surface area contributed by atoms with Gasteiger partial charge in [-0.2, -0.15) is 14.0 Å². The Bertz CT molecular complexity index is 1280. The molecule has 7 nitrogen and oxygen atoms in total. The first-order chi connectivity index (χ1) is 13.9. The molecule has 0 spiro atoms. The molecule has 1 aromatic carbocycles. The molecule has 0 radical (unpaired) electrons. The van der Waals surface area contributed by atoms with Crippen LogP contribution in [0.4, 0.5) is 8.78 Å². The topological polar surface area (TPSA) is 95.9 Å². The van der Waals surface area contributed by atoms with Crippen molar-refractivity contribution in [3.8, 4) is 11.3 Å². The number of imidazole rings is 1. The van der Waals surface area contributed by atoms with Crippen LogP contribution in [0.5, 0.6) is 0 Å². The van der Waals surface area contributed by atoms with E-state index in [1.54, 1.807) is 25.1 Å². The maximum Gasteiger partial charge on any atom is 0.325 e. The Morgan fingerprint density at radius 1 is 1.17 bits per heavy atom. The largest absolute Gasteiger partial charge is 0.325 e. The maximum atomic E-state index is 13.8. The number of aromatic amines is 2. The fraction of sp³-hybridized carbons (Fsp3) is 0.200. The number of H-pyrrole nitrogens is 2. The Kier molecular flexibility index (Phi) is 4.79. The average molecular weight is 397 g/mol. The van der Waals surface area contributed by atoms with Crippen molar-refractivity contribution in [2.75, 3.05) is 0 Å². The lowest BCUT2D eigenvalue weighted by molar-refractivity contribution is 0.549. The van der Waals surface area contributed by atoms with Crippen LogP contribution in [0.3, 0.4) is 0 Å². The van der Waals surface area contributed by atoms with Crippen molar-refractivity contribution in [1.82, 2.24) is 24.6 Å². The number of rotatable bonds is 2. The van der Waals surface area contributed by atoms with Crippen LogP contribution in [0.1, 0.15) is 29.9 Å². The van der Waals surface area contributed by atoms with Gasteiger partial charge >= 0.3 is 5.69 Å². The van der Waals surface area contributed by atoms with E-state index in [9.17, 15) is 18.4 Å². The number of benzene rings is 1. The highest BCUT2D eigenvalue weighted by molar-refractivity contribution is 5.62. The van der Waals surface area contributed by atoms with E-state index in [1.807, 2.05) is 6.07 Å². The van der Waals surface area contributed by atoms with E-state index >= 15 is 0 Å². The summed E-state index contributed by atoms with van der Waals surface area (Å²) in [5.74, 6) is -0.403. The SMILES string of the molecule is Cc1ccccc1F.O=c1[nH]cc(-c2cc(C3CC3)c3ncc(F)n3n2)c(=O)[nH]1. The molecular formula is C20H17F2N5O2. The molecule has 0 atom stereocenters. The summed E-state index contributed by atoms with van der Waals surface area (Å²) in [6.07, 6.45) is 4.40. The molecule has 0 bridgehead atoms. The first-order valence-corrected chi connectivity index (χ1v) is 9.01. The summed E-state index contributed by atoms with van der Waals surface area (Å²) >= 11 is 0. The number of hydrogen-bond acceptors (Lipinski definition) is 4. The molecule has 29 heavy (non-hydrogen) atoms. The molecular weight excluding hydrogens is 380 g/mol. The molecule has 0 saturated heterocycles. The minimum absolute atomic E-state index is 0.132. The number of aryl methyl sites for hydroxylation is 1. The number of hydrogen-bond donors (Lipinski definition) is 2. The molecule has 4 aromatic rings. The van der Waals surface area contributed by atoms with Gasteiger partial charge in [-0.05, 0) is 43.4 Å². The summed E-state index contributed by atoms with van der Waals surface area (Å²) in [6.45, 7) is 1.75. The van der Waals surface area contributed by atoms with Gasteiger partial charge in [0.2, 0.25) is 5.95 Å². The van der Waals surface area contributed by atoms with Crippen LogP contribution < -0.4 is 11.2 Å². The monoisotopic (exact) mass is 397 g/mol. The molecule has 0 amide bonds. The smallest absolute Gasteiger partial charge is 0.313 e. The zero-order valence-corrected chi connectivity index (χ0v) is 15.4. The summed E-state index contributed by atoms with van der Waals surface area (Å²) in [7, 11) is 0. The fourth-order valence-electron chi connectivity index (χ4n) is 2.94. The minimum Gasteiger partial charge on any atom is -0.313 e. The molecule has 1 aliphatic carbocycles. The standard InChI is InChI=1S/C13H10FN5O2.C7H7F/c14-10-5-15-11-7(6-1-2-6)3-9(18-19(10)11)8-4-16-13(21)17-12(8)20;1-6-4-2-3-5-7(6)8/h3-6H,1-2H2,(H2,16,17,20,21);2-5H,1H3. The van der Waals surface area contributed by atoms with Crippen molar-refractivity contribution < 1.29 is 8.78 Å². The normalized spacial score (nSPS) is 13.2. The number of halogens is 2. The highest BCUT2D eigenvalue weighted by Gasteiger charge is 2.28. The number of nitrogens with one attached hydrogen (secondary N) is 2. The highest BCUT2D eigenvalue weighted by Crippen LogP contribution is 2.42. The van der Waals surface area contributed by atoms with E-state index in [0.717, 1.165) is 29.1 Å². The summed E-state index contributed by atoms with van der Waals surface area (Å²) < 4.78 is 27.2. The molecule has 3 aromatic heterocycles. The van der Waals surface area contributed by atoms with Crippen LogP contribution in [0.25, 0.3) is 16.9 Å². The second-order valence-electron chi connectivity index (χ2n) is 6.81. The summed E-state index contributed by atoms with van der Waals surface area (Å²) in [4.78, 5) is 31.5. The van der Waals surface area contributed by atoms with Crippen molar-refractivity contribution in [3.63, 3.8) is 0 Å². The quantitative estimate of drug-likeness (QED) is 0.544. The molecule has 1 saturated carbocycles. The Morgan fingerprint density at radius 3 is 2.55 bits per heavy atom. The van der Waals surface area contributed by atoms with E-state index in [4.69, 9.17) is 0 Å². The molecule has 5 rings (SSSR count). The molecule has 148 valence electrons. The molecule has 3 heterocycles. The number of fused-ring (bicyclic) bond motifs is 1. The van der Waals surface area contributed by atoms with E-state index < -0.39 is 17.2 Å². The first kappa shape index (κ1) is 18.7. The van der Waals surface area contributed by atoms with Crippen LogP contribution in [-0.4, -0.2) is 24.6 Å². The maximum absolute atomic E-state index is 13.8. The van der Waals surface area contributed by atoms with Gasteiger partial charge in [0.25, 0.3) is 5.56 Å². The van der Waals surface area contributed by atoms with Gasteiger partial charge < -0.3 is 4.98 Å². The second kappa shape index (κ2) is 7.42. The van der Waals surface area contributed by atoms with E-state index in [2.05, 4.69) is 20.1 Å². The highest BCUT2D eigenvalue weighted by atomic mass is 19.1. The predicted octanol–water partition coefficient (Wildman–Crippen LogP) is 2.92. The molecule has 1 aliphatic rings. The van der Waals surface area contributed by atoms with Crippen LogP contribution in [0.2, 0.25) is 0 Å². The zero-order chi connectivity index (χ0) is 20.5. The van der Waals surface area contributed by atoms with Gasteiger partial charge in [-0.25, -0.2) is 14.2 Å². The third-order valence-corrected chi connectivity index (χ3v) is 4.64. The van der Waals surface area contributed by atoms with Gasteiger partial charge in [0.15, 0.2) is 5.65 Å². The van der Waals surface area contributed by atoms with Gasteiger partial charge in [-0.1, -0.05) is 18.2 Å². The van der Waals surface area contributed by atoms with E-state index in [-0.39, 0.29) is 11.4 Å². The molecule has 9 heteroatoms. The zero-order valence-electron chi connectivity index (χ0n) is 15.4. The van der Waals surface area contributed by atoms with Gasteiger partial charge in [0, 0.05) is 11.8 Å². The van der Waals surface area contributed by atoms with Crippen LogP contribution >= 0.6 is 0 Å². The summed E-state index contributed by atoms with van der Waals surface area (Å²) in [6, 6.07) is 8.44. The van der Waals surface area contributed by atoms with Crippen molar-refractivity contribution in [3.05, 3.63) is 86.5 Å². The van der Waals surface area contributed by atoms with Crippen LogP contribution in [0.15, 0.2) is 52.3 Å². The predicted molar refractivity (Wildman–Crippen MR) is 103 cm³/mol. The van der Waals surface area contributed by atoms with Crippen molar-refractivity contribution in [2.24, 2.45) is 0 Å². The van der Waals surface area contributed by atoms with Crippen LogP contribution in [-0.2, 0) is 0 Å². The Balaban J connectivity index is 0.000000216. The summed E-state index contributed by atoms with van der Waals surface area (Å²) in [5.41, 5.74) is 1.38. The molecule has 0 aliphatic heterocycles. The first-order valence-electron chi connectivity index (χ1n) is 9.01. The minimum atomic E-state index is -0.596. The van der Waals surface area contributed by atoms with Crippen molar-refractivity contribution in [2.45, 2.75) is 25.7 Å². The number of aromatic nitrogens is 5. The van der Waals surface area contributed by atoms with E-state index in [1.165, 1.54) is 12.3 Å². The third kappa shape index (κ3) is 3.84. The molecule has 0 unspecified atom stereocenters. The van der Waals surface area contributed by atoms with Crippen molar-refractivity contribution in [1.29, 1.82) is 0 Å². The van der Waals surface area contributed by atoms with Gasteiger partial charge in [0.05, 0.1) is 17.5 Å². The van der Waals surface area contributed by atoms with Gasteiger partial charge in [-0.15, -0.1) is 0 Å². The average Bonchev–Trinajstić information content (AvgIpc) is 3.48. The molecule has 2 N–H and O–H groups in total. The number of nitrogens with zero attached hydrogens (tertiary/aromatic N) is 3. The lowest BCUT2D eigenvalue weighted by Crippen LogP contribution is -2.23. The van der Waals surface area contributed by atoms with Crippen LogP contribution in [0, 0.1) is 18.7 Å².